The molecule has 0 spiro atoms. The van der Waals surface area contributed by atoms with E-state index >= 15 is 0 Å². The Morgan fingerprint density at radius 2 is 1.63 bits per heavy atom. The van der Waals surface area contributed by atoms with Crippen LogP contribution < -0.4 is 0 Å². The maximum Gasteiger partial charge on any atom is 0.191 e. The third-order valence-electron chi connectivity index (χ3n) is 5.26. The van der Waals surface area contributed by atoms with Gasteiger partial charge < -0.3 is 4.57 Å². The lowest BCUT2D eigenvalue weighted by molar-refractivity contribution is 0.102. The Hall–Kier alpha value is -2.40. The van der Waals surface area contributed by atoms with Crippen molar-refractivity contribution >= 4 is 17.5 Å². The molecule has 5 heteroatoms. The number of aromatic nitrogens is 3. The van der Waals surface area contributed by atoms with E-state index in [1.165, 1.54) is 28.5 Å². The van der Waals surface area contributed by atoms with Gasteiger partial charge in [0.15, 0.2) is 16.8 Å². The molecule has 0 atom stereocenters. The molecule has 0 aliphatic heterocycles. The molecule has 0 unspecified atom stereocenters. The molecule has 0 aliphatic carbocycles. The number of rotatable bonds is 5. The zero-order valence-corrected chi connectivity index (χ0v) is 17.6. The molecule has 0 saturated heterocycles. The fourth-order valence-electron chi connectivity index (χ4n) is 3.10. The average molecular weight is 380 g/mol. The van der Waals surface area contributed by atoms with Gasteiger partial charge in [-0.2, -0.15) is 0 Å². The minimum absolute atomic E-state index is 0.128. The number of Topliss-reactive ketones (excluding diaryl/α,β-unsaturated/α-hetero) is 1. The zero-order valence-electron chi connectivity index (χ0n) is 16.8. The first-order valence-corrected chi connectivity index (χ1v) is 9.98. The van der Waals surface area contributed by atoms with E-state index in [0.29, 0.717) is 5.75 Å². The van der Waals surface area contributed by atoms with Crippen LogP contribution in [-0.2, 0) is 7.05 Å². The predicted octanol–water partition coefficient (Wildman–Crippen LogP) is 5.00. The Balaban J connectivity index is 1.78. The summed E-state index contributed by atoms with van der Waals surface area (Å²) in [6, 6.07) is 10.2. The van der Waals surface area contributed by atoms with E-state index in [2.05, 4.69) is 50.0 Å². The molecule has 27 heavy (non-hydrogen) atoms. The first-order valence-electron chi connectivity index (χ1n) is 8.99. The largest absolute Gasteiger partial charge is 0.305 e. The second-order valence-electron chi connectivity index (χ2n) is 7.06. The number of carbonyl (C=O) groups is 1. The predicted molar refractivity (Wildman–Crippen MR) is 112 cm³/mol. The van der Waals surface area contributed by atoms with Crippen molar-refractivity contribution in [2.24, 2.45) is 7.05 Å². The van der Waals surface area contributed by atoms with Gasteiger partial charge in [0.1, 0.15) is 0 Å². The van der Waals surface area contributed by atoms with Crippen LogP contribution in [0.15, 0.2) is 35.5 Å². The van der Waals surface area contributed by atoms with Gasteiger partial charge in [0.05, 0.1) is 5.75 Å². The van der Waals surface area contributed by atoms with Crippen molar-refractivity contribution in [3.05, 3.63) is 63.7 Å². The molecule has 140 valence electrons. The van der Waals surface area contributed by atoms with Crippen LogP contribution in [0.4, 0.5) is 0 Å². The van der Waals surface area contributed by atoms with E-state index in [0.717, 1.165) is 33.2 Å². The van der Waals surface area contributed by atoms with Crippen LogP contribution in [0, 0.1) is 34.6 Å². The van der Waals surface area contributed by atoms with E-state index in [9.17, 15) is 4.79 Å². The highest BCUT2D eigenvalue weighted by molar-refractivity contribution is 7.99. The van der Waals surface area contributed by atoms with Gasteiger partial charge in [-0.05, 0) is 62.9 Å². The van der Waals surface area contributed by atoms with Crippen molar-refractivity contribution < 1.29 is 4.79 Å². The molecule has 0 aliphatic rings. The Morgan fingerprint density at radius 1 is 0.963 bits per heavy atom. The van der Waals surface area contributed by atoms with E-state index in [4.69, 9.17) is 0 Å². The maximum absolute atomic E-state index is 12.8. The van der Waals surface area contributed by atoms with Crippen LogP contribution in [0.5, 0.6) is 0 Å². The number of hydrogen-bond donors (Lipinski definition) is 0. The van der Waals surface area contributed by atoms with Crippen molar-refractivity contribution in [2.75, 3.05) is 5.75 Å². The van der Waals surface area contributed by atoms with E-state index in [-0.39, 0.29) is 5.78 Å². The molecule has 3 aromatic rings. The lowest BCUT2D eigenvalue weighted by Gasteiger charge is -2.13. The smallest absolute Gasteiger partial charge is 0.191 e. The van der Waals surface area contributed by atoms with E-state index in [1.54, 1.807) is 0 Å². The Labute approximate surface area is 165 Å². The Morgan fingerprint density at radius 3 is 2.30 bits per heavy atom. The normalized spacial score (nSPS) is 11.0. The second kappa shape index (κ2) is 7.69. The van der Waals surface area contributed by atoms with Crippen LogP contribution in [0.3, 0.4) is 0 Å². The maximum atomic E-state index is 12.8. The molecular formula is C22H25N3OS. The zero-order chi connectivity index (χ0) is 19.7. The molecule has 0 saturated carbocycles. The van der Waals surface area contributed by atoms with Crippen molar-refractivity contribution in [1.29, 1.82) is 0 Å². The number of ketones is 1. The fraction of sp³-hybridized carbons (Fsp3) is 0.318. The summed E-state index contributed by atoms with van der Waals surface area (Å²) in [4.78, 5) is 12.8. The van der Waals surface area contributed by atoms with Crippen LogP contribution >= 0.6 is 11.8 Å². The summed E-state index contributed by atoms with van der Waals surface area (Å²) in [5.41, 5.74) is 7.73. The molecule has 0 N–H and O–H groups in total. The minimum Gasteiger partial charge on any atom is -0.305 e. The highest BCUT2D eigenvalue weighted by Crippen LogP contribution is 2.26. The topological polar surface area (TPSA) is 47.8 Å². The summed E-state index contributed by atoms with van der Waals surface area (Å²) < 4.78 is 1.95. The number of aryl methyl sites for hydroxylation is 2. The van der Waals surface area contributed by atoms with Gasteiger partial charge in [-0.25, -0.2) is 0 Å². The van der Waals surface area contributed by atoms with Crippen LogP contribution in [0.1, 0.15) is 38.2 Å². The molecule has 2 aromatic carbocycles. The minimum atomic E-state index is 0.128. The third kappa shape index (κ3) is 3.83. The Bertz CT molecular complexity index is 1000. The summed E-state index contributed by atoms with van der Waals surface area (Å²) in [6.07, 6.45) is 0. The number of thioether (sulfide) groups is 1. The van der Waals surface area contributed by atoms with Gasteiger partial charge in [-0.15, -0.1) is 10.2 Å². The molecule has 1 aromatic heterocycles. The lowest BCUT2D eigenvalue weighted by atomic mass is 9.93. The summed E-state index contributed by atoms with van der Waals surface area (Å²) >= 11 is 1.43. The quantitative estimate of drug-likeness (QED) is 0.462. The lowest BCUT2D eigenvalue weighted by Crippen LogP contribution is -2.08. The number of carbonyl (C=O) groups excluding carboxylic acids is 1. The van der Waals surface area contributed by atoms with Crippen LogP contribution in [0.2, 0.25) is 0 Å². The van der Waals surface area contributed by atoms with Crippen molar-refractivity contribution in [2.45, 2.75) is 39.8 Å². The monoisotopic (exact) mass is 379 g/mol. The number of benzene rings is 2. The van der Waals surface area contributed by atoms with Crippen LogP contribution in [0.25, 0.3) is 11.4 Å². The summed E-state index contributed by atoms with van der Waals surface area (Å²) in [6.45, 7) is 10.3. The Kier molecular flexibility index (Phi) is 5.51. The van der Waals surface area contributed by atoms with Gasteiger partial charge in [0.25, 0.3) is 0 Å². The van der Waals surface area contributed by atoms with E-state index in [1.807, 2.05) is 36.7 Å². The highest BCUT2D eigenvalue weighted by Gasteiger charge is 2.17. The molecule has 0 radical (unpaired) electrons. The van der Waals surface area contributed by atoms with Crippen molar-refractivity contribution in [3.63, 3.8) is 0 Å². The molecule has 3 rings (SSSR count). The summed E-state index contributed by atoms with van der Waals surface area (Å²) in [5, 5.41) is 9.33. The summed E-state index contributed by atoms with van der Waals surface area (Å²) in [7, 11) is 1.94. The number of nitrogens with zero attached hydrogens (tertiary/aromatic N) is 3. The molecule has 4 nitrogen and oxygen atoms in total. The highest BCUT2D eigenvalue weighted by atomic mass is 32.2. The van der Waals surface area contributed by atoms with E-state index < -0.39 is 0 Å². The second-order valence-corrected chi connectivity index (χ2v) is 8.00. The van der Waals surface area contributed by atoms with Crippen LogP contribution in [-0.4, -0.2) is 26.3 Å². The first-order chi connectivity index (χ1) is 12.8. The molecule has 0 amide bonds. The summed E-state index contributed by atoms with van der Waals surface area (Å²) in [5.74, 6) is 1.29. The van der Waals surface area contributed by atoms with Crippen molar-refractivity contribution in [3.8, 4) is 11.4 Å². The average Bonchev–Trinajstić information content (AvgIpc) is 3.02. The fourth-order valence-corrected chi connectivity index (χ4v) is 3.90. The van der Waals surface area contributed by atoms with Gasteiger partial charge in [-0.3, -0.25) is 4.79 Å². The van der Waals surface area contributed by atoms with Gasteiger partial charge in [-0.1, -0.05) is 41.6 Å². The van der Waals surface area contributed by atoms with Crippen molar-refractivity contribution in [1.82, 2.24) is 14.8 Å². The number of hydrogen-bond acceptors (Lipinski definition) is 4. The molecule has 0 fully saturated rings. The molecular weight excluding hydrogens is 354 g/mol. The van der Waals surface area contributed by atoms with Gasteiger partial charge in [0.2, 0.25) is 0 Å². The van der Waals surface area contributed by atoms with Gasteiger partial charge >= 0.3 is 0 Å². The SMILES string of the molecule is Cc1ccc(-c2nnc(SCC(=O)c3cc(C)c(C)c(C)c3C)n2C)cc1. The van der Waals surface area contributed by atoms with Gasteiger partial charge in [0, 0.05) is 18.2 Å². The molecule has 0 bridgehead atoms. The first kappa shape index (κ1) is 19.4. The third-order valence-corrected chi connectivity index (χ3v) is 6.28. The standard InChI is InChI=1S/C22H25N3OS/c1-13-7-9-18(10-8-13)21-23-24-22(25(21)6)27-12-20(26)19-11-14(2)15(3)16(4)17(19)5/h7-11H,12H2,1-6H3. The molecule has 1 heterocycles.